The Kier molecular flexibility index (Phi) is 6.34. The lowest BCUT2D eigenvalue weighted by Crippen LogP contribution is -2.46. The third-order valence-electron chi connectivity index (χ3n) is 5.80. The Balaban J connectivity index is 1.49. The molecule has 0 saturated carbocycles. The first kappa shape index (κ1) is 20.8. The van der Waals surface area contributed by atoms with Gasteiger partial charge in [0, 0.05) is 26.2 Å². The third kappa shape index (κ3) is 4.99. The molecule has 8 heteroatoms. The van der Waals surface area contributed by atoms with Crippen LogP contribution in [0.4, 0.5) is 11.5 Å². The van der Waals surface area contributed by atoms with E-state index in [0.29, 0.717) is 18.8 Å². The minimum atomic E-state index is -3.02. The molecule has 160 valence electrons. The molecule has 0 bridgehead atoms. The van der Waals surface area contributed by atoms with Crippen molar-refractivity contribution in [3.05, 3.63) is 54.2 Å². The molecule has 2 aromatic rings. The normalized spacial score (nSPS) is 20.5. The summed E-state index contributed by atoms with van der Waals surface area (Å²) in [5.41, 5.74) is 1.50. The summed E-state index contributed by atoms with van der Waals surface area (Å²) in [6.07, 6.45) is 5.34. The molecule has 0 radical (unpaired) electrons. The number of hydrogen-bond acceptors (Lipinski definition) is 6. The molecule has 1 unspecified atom stereocenters. The molecule has 2 fully saturated rings. The van der Waals surface area contributed by atoms with Gasteiger partial charge in [-0.2, -0.15) is 0 Å². The molecular formula is C22H28N4O3S. The molecule has 3 heterocycles. The maximum atomic E-state index is 13.2. The van der Waals surface area contributed by atoms with Crippen LogP contribution in [0.3, 0.4) is 0 Å². The monoisotopic (exact) mass is 428 g/mol. The average Bonchev–Trinajstić information content (AvgIpc) is 2.77. The van der Waals surface area contributed by atoms with Crippen LogP contribution in [0.5, 0.6) is 0 Å². The zero-order chi connectivity index (χ0) is 21.0. The third-order valence-corrected chi connectivity index (χ3v) is 7.41. The van der Waals surface area contributed by atoms with Crippen LogP contribution < -0.4 is 10.2 Å². The molecule has 0 aliphatic carbocycles. The van der Waals surface area contributed by atoms with Crippen LogP contribution in [0.1, 0.15) is 30.9 Å². The smallest absolute Gasteiger partial charge is 0.246 e. The number of piperidine rings is 1. The van der Waals surface area contributed by atoms with Crippen molar-refractivity contribution in [2.45, 2.75) is 25.3 Å². The number of anilines is 2. The highest BCUT2D eigenvalue weighted by Crippen LogP contribution is 2.25. The van der Waals surface area contributed by atoms with Crippen molar-refractivity contribution in [1.29, 1.82) is 0 Å². The fourth-order valence-corrected chi connectivity index (χ4v) is 5.36. The van der Waals surface area contributed by atoms with Gasteiger partial charge in [-0.1, -0.05) is 30.3 Å². The molecule has 7 nitrogen and oxygen atoms in total. The molecule has 0 spiro atoms. The Hall–Kier alpha value is -2.45. The Morgan fingerprint density at radius 3 is 2.27 bits per heavy atom. The molecule has 1 atom stereocenters. The lowest BCUT2D eigenvalue weighted by Gasteiger charge is -2.33. The molecule has 1 amide bonds. The van der Waals surface area contributed by atoms with Gasteiger partial charge < -0.3 is 10.2 Å². The fourth-order valence-electron chi connectivity index (χ4n) is 4.13. The highest BCUT2D eigenvalue weighted by Gasteiger charge is 2.32. The van der Waals surface area contributed by atoms with Crippen LogP contribution in [-0.4, -0.2) is 61.9 Å². The van der Waals surface area contributed by atoms with Crippen molar-refractivity contribution in [2.24, 2.45) is 0 Å². The molecular weight excluding hydrogens is 400 g/mol. The van der Waals surface area contributed by atoms with Gasteiger partial charge in [-0.25, -0.2) is 13.4 Å². The van der Waals surface area contributed by atoms with Gasteiger partial charge in [-0.3, -0.25) is 9.69 Å². The van der Waals surface area contributed by atoms with Crippen LogP contribution in [0.2, 0.25) is 0 Å². The summed E-state index contributed by atoms with van der Waals surface area (Å²) in [6, 6.07) is 12.8. The quantitative estimate of drug-likeness (QED) is 0.788. The van der Waals surface area contributed by atoms with Gasteiger partial charge in [0.2, 0.25) is 5.91 Å². The summed E-state index contributed by atoms with van der Waals surface area (Å²) in [4.78, 5) is 22.0. The lowest BCUT2D eigenvalue weighted by molar-refractivity contribution is -0.121. The number of amides is 1. The van der Waals surface area contributed by atoms with E-state index < -0.39 is 15.9 Å². The second kappa shape index (κ2) is 9.14. The van der Waals surface area contributed by atoms with Crippen molar-refractivity contribution >= 4 is 27.2 Å². The molecule has 1 aromatic heterocycles. The van der Waals surface area contributed by atoms with Crippen molar-refractivity contribution < 1.29 is 13.2 Å². The van der Waals surface area contributed by atoms with E-state index in [-0.39, 0.29) is 17.4 Å². The average molecular weight is 429 g/mol. The number of nitrogens with zero attached hydrogens (tertiary/aromatic N) is 3. The summed E-state index contributed by atoms with van der Waals surface area (Å²) < 4.78 is 23.7. The van der Waals surface area contributed by atoms with Crippen LogP contribution in [0.15, 0.2) is 48.7 Å². The second-order valence-electron chi connectivity index (χ2n) is 7.94. The summed E-state index contributed by atoms with van der Waals surface area (Å²) in [5.74, 6) is 0.923. The number of sulfone groups is 1. The first-order chi connectivity index (χ1) is 14.5. The number of benzene rings is 1. The number of carbonyl (C=O) groups is 1. The van der Waals surface area contributed by atoms with E-state index in [1.54, 1.807) is 6.20 Å². The first-order valence-corrected chi connectivity index (χ1v) is 12.4. The van der Waals surface area contributed by atoms with E-state index in [1.807, 2.05) is 47.4 Å². The van der Waals surface area contributed by atoms with Crippen molar-refractivity contribution in [2.75, 3.05) is 47.9 Å². The second-order valence-corrected chi connectivity index (χ2v) is 10.2. The van der Waals surface area contributed by atoms with Crippen LogP contribution >= 0.6 is 0 Å². The summed E-state index contributed by atoms with van der Waals surface area (Å²) in [5, 5.41) is 2.98. The van der Waals surface area contributed by atoms with E-state index in [9.17, 15) is 13.2 Å². The highest BCUT2D eigenvalue weighted by atomic mass is 32.2. The van der Waals surface area contributed by atoms with Gasteiger partial charge in [0.05, 0.1) is 23.4 Å². The number of nitrogens with one attached hydrogen (secondary N) is 1. The zero-order valence-corrected chi connectivity index (χ0v) is 17.9. The minimum absolute atomic E-state index is 0.0791. The van der Waals surface area contributed by atoms with Crippen LogP contribution in [0.25, 0.3) is 0 Å². The predicted octanol–water partition coefficient (Wildman–Crippen LogP) is 2.48. The molecule has 2 aliphatic heterocycles. The van der Waals surface area contributed by atoms with Crippen molar-refractivity contribution in [1.82, 2.24) is 9.88 Å². The van der Waals surface area contributed by atoms with E-state index in [4.69, 9.17) is 0 Å². The van der Waals surface area contributed by atoms with Crippen LogP contribution in [0, 0.1) is 0 Å². The van der Waals surface area contributed by atoms with Gasteiger partial charge in [-0.05, 0) is 37.0 Å². The topological polar surface area (TPSA) is 82.6 Å². The zero-order valence-electron chi connectivity index (χ0n) is 17.0. The summed E-state index contributed by atoms with van der Waals surface area (Å²) in [6.45, 7) is 2.74. The summed E-state index contributed by atoms with van der Waals surface area (Å²) >= 11 is 0. The van der Waals surface area contributed by atoms with E-state index in [1.165, 1.54) is 19.3 Å². The fraction of sp³-hybridized carbons (Fsp3) is 0.455. The first-order valence-electron chi connectivity index (χ1n) is 10.5. The van der Waals surface area contributed by atoms with Gasteiger partial charge in [0.15, 0.2) is 9.84 Å². The number of hydrogen-bond donors (Lipinski definition) is 1. The lowest BCUT2D eigenvalue weighted by atomic mass is 10.0. The Bertz CT molecular complexity index is 944. The molecule has 2 saturated heterocycles. The molecule has 4 rings (SSSR count). The number of carbonyl (C=O) groups excluding carboxylic acids is 1. The molecule has 1 aromatic carbocycles. The highest BCUT2D eigenvalue weighted by molar-refractivity contribution is 7.91. The number of pyridine rings is 1. The largest absolute Gasteiger partial charge is 0.357 e. The van der Waals surface area contributed by atoms with Crippen molar-refractivity contribution in [3.63, 3.8) is 0 Å². The maximum absolute atomic E-state index is 13.2. The van der Waals surface area contributed by atoms with Crippen LogP contribution in [-0.2, 0) is 14.6 Å². The predicted molar refractivity (Wildman–Crippen MR) is 118 cm³/mol. The number of rotatable bonds is 5. The maximum Gasteiger partial charge on any atom is 0.246 e. The minimum Gasteiger partial charge on any atom is -0.357 e. The van der Waals surface area contributed by atoms with E-state index in [0.717, 1.165) is 24.5 Å². The standard InChI is InChI=1S/C22H28N4O3S/c27-22(24-19-9-10-20(23-17-19)25-11-5-2-6-12-25)21(18-7-3-1-4-8-18)26-13-15-30(28,29)16-14-26/h1,3-4,7-10,17,21H,2,5-6,11-16H2,(H,24,27). The van der Waals surface area contributed by atoms with Gasteiger partial charge in [0.25, 0.3) is 0 Å². The number of aromatic nitrogens is 1. The van der Waals surface area contributed by atoms with E-state index >= 15 is 0 Å². The van der Waals surface area contributed by atoms with E-state index in [2.05, 4.69) is 15.2 Å². The Labute approximate surface area is 178 Å². The van der Waals surface area contributed by atoms with Gasteiger partial charge >= 0.3 is 0 Å². The molecule has 1 N–H and O–H groups in total. The summed E-state index contributed by atoms with van der Waals surface area (Å²) in [7, 11) is -3.02. The van der Waals surface area contributed by atoms with Gasteiger partial charge in [-0.15, -0.1) is 0 Å². The molecule has 2 aliphatic rings. The van der Waals surface area contributed by atoms with Gasteiger partial charge in [0.1, 0.15) is 11.9 Å². The molecule has 30 heavy (non-hydrogen) atoms. The van der Waals surface area contributed by atoms with Crippen molar-refractivity contribution in [3.8, 4) is 0 Å². The Morgan fingerprint density at radius 1 is 0.933 bits per heavy atom. The SMILES string of the molecule is O=C(Nc1ccc(N2CCCCC2)nc1)C(c1ccccc1)N1CCS(=O)(=O)CC1. The Morgan fingerprint density at radius 2 is 1.63 bits per heavy atom.